The van der Waals surface area contributed by atoms with E-state index in [-0.39, 0.29) is 11.5 Å². The van der Waals surface area contributed by atoms with Crippen molar-refractivity contribution in [3.63, 3.8) is 0 Å². The molecule has 0 bridgehead atoms. The zero-order chi connectivity index (χ0) is 17.8. The van der Waals surface area contributed by atoms with Crippen LogP contribution >= 0.6 is 0 Å². The van der Waals surface area contributed by atoms with Gasteiger partial charge in [0, 0.05) is 37.1 Å². The van der Waals surface area contributed by atoms with Gasteiger partial charge in [0.15, 0.2) is 0 Å². The lowest BCUT2D eigenvalue weighted by atomic mass is 10.1. The SMILES string of the molecule is CC(=O)Nc1cccc(-c2nccn2Cc2ccccc2C(=O)O)c1. The number of nitrogens with one attached hydrogen (secondary N) is 1. The van der Waals surface area contributed by atoms with Gasteiger partial charge in [-0.3, -0.25) is 4.79 Å². The molecule has 0 saturated carbocycles. The fourth-order valence-corrected chi connectivity index (χ4v) is 2.69. The third-order valence-corrected chi connectivity index (χ3v) is 3.75. The van der Waals surface area contributed by atoms with Crippen LogP contribution in [-0.2, 0) is 11.3 Å². The summed E-state index contributed by atoms with van der Waals surface area (Å²) < 4.78 is 1.88. The van der Waals surface area contributed by atoms with E-state index in [1.165, 1.54) is 6.92 Å². The third kappa shape index (κ3) is 3.74. The molecule has 0 aliphatic heterocycles. The number of anilines is 1. The second kappa shape index (κ2) is 7.00. The Bertz CT molecular complexity index is 931. The van der Waals surface area contributed by atoms with Gasteiger partial charge in [0.2, 0.25) is 5.91 Å². The molecule has 6 nitrogen and oxygen atoms in total. The van der Waals surface area contributed by atoms with Crippen LogP contribution in [0.1, 0.15) is 22.8 Å². The molecule has 1 heterocycles. The summed E-state index contributed by atoms with van der Waals surface area (Å²) in [5.41, 5.74) is 2.50. The fourth-order valence-electron chi connectivity index (χ4n) is 2.69. The largest absolute Gasteiger partial charge is 0.478 e. The Morgan fingerprint density at radius 1 is 1.16 bits per heavy atom. The number of amides is 1. The molecule has 0 aliphatic rings. The molecule has 0 fully saturated rings. The Morgan fingerprint density at radius 3 is 2.72 bits per heavy atom. The molecule has 25 heavy (non-hydrogen) atoms. The first-order valence-corrected chi connectivity index (χ1v) is 7.75. The third-order valence-electron chi connectivity index (χ3n) is 3.75. The standard InChI is InChI=1S/C19H17N3O3/c1-13(23)21-16-7-4-6-14(11-16)18-20-9-10-22(18)12-15-5-2-3-8-17(15)19(24)25/h2-11H,12H2,1H3,(H,21,23)(H,24,25). The Kier molecular flexibility index (Phi) is 4.61. The number of nitrogens with zero attached hydrogens (tertiary/aromatic N) is 2. The first-order valence-electron chi connectivity index (χ1n) is 7.75. The normalized spacial score (nSPS) is 10.4. The monoisotopic (exact) mass is 335 g/mol. The van der Waals surface area contributed by atoms with E-state index in [9.17, 15) is 14.7 Å². The molecular formula is C19H17N3O3. The number of rotatable bonds is 5. The lowest BCUT2D eigenvalue weighted by Gasteiger charge is -2.11. The number of carboxylic acids is 1. The minimum absolute atomic E-state index is 0.143. The quantitative estimate of drug-likeness (QED) is 0.749. The maximum absolute atomic E-state index is 11.4. The zero-order valence-electron chi connectivity index (χ0n) is 13.6. The van der Waals surface area contributed by atoms with Crippen LogP contribution in [-0.4, -0.2) is 26.5 Å². The Labute approximate surface area is 144 Å². The van der Waals surface area contributed by atoms with E-state index in [4.69, 9.17) is 0 Å². The van der Waals surface area contributed by atoms with Gasteiger partial charge in [-0.15, -0.1) is 0 Å². The van der Waals surface area contributed by atoms with Crippen molar-refractivity contribution in [3.05, 3.63) is 72.1 Å². The summed E-state index contributed by atoms with van der Waals surface area (Å²) in [4.78, 5) is 27.0. The summed E-state index contributed by atoms with van der Waals surface area (Å²) in [6.07, 6.45) is 3.48. The predicted molar refractivity (Wildman–Crippen MR) is 94.5 cm³/mol. The van der Waals surface area contributed by atoms with Crippen LogP contribution in [0.15, 0.2) is 60.9 Å². The van der Waals surface area contributed by atoms with Gasteiger partial charge in [-0.1, -0.05) is 30.3 Å². The molecule has 2 aromatic carbocycles. The maximum Gasteiger partial charge on any atom is 0.336 e. The molecule has 0 radical (unpaired) electrons. The molecule has 0 aliphatic carbocycles. The number of aromatic carboxylic acids is 1. The Hall–Kier alpha value is -3.41. The van der Waals surface area contributed by atoms with Crippen LogP contribution in [0.5, 0.6) is 0 Å². The van der Waals surface area contributed by atoms with Gasteiger partial charge >= 0.3 is 5.97 Å². The molecule has 2 N–H and O–H groups in total. The number of aromatic nitrogens is 2. The first kappa shape index (κ1) is 16.4. The molecule has 0 atom stereocenters. The second-order valence-corrected chi connectivity index (χ2v) is 5.60. The molecule has 0 spiro atoms. The smallest absolute Gasteiger partial charge is 0.336 e. The van der Waals surface area contributed by atoms with E-state index in [1.54, 1.807) is 36.7 Å². The number of carbonyl (C=O) groups is 2. The number of imidazole rings is 1. The van der Waals surface area contributed by atoms with Crippen LogP contribution in [0.4, 0.5) is 5.69 Å². The number of hydrogen-bond acceptors (Lipinski definition) is 3. The van der Waals surface area contributed by atoms with Gasteiger partial charge in [0.1, 0.15) is 5.82 Å². The lowest BCUT2D eigenvalue weighted by Crippen LogP contribution is -2.08. The summed E-state index contributed by atoms with van der Waals surface area (Å²) >= 11 is 0. The maximum atomic E-state index is 11.4. The van der Waals surface area contributed by atoms with Gasteiger partial charge in [-0.05, 0) is 23.8 Å². The average Bonchev–Trinajstić information content (AvgIpc) is 3.03. The highest BCUT2D eigenvalue weighted by Crippen LogP contribution is 2.23. The van der Waals surface area contributed by atoms with Gasteiger partial charge in [-0.2, -0.15) is 0 Å². The van der Waals surface area contributed by atoms with Crippen molar-refractivity contribution in [2.24, 2.45) is 0 Å². The number of hydrogen-bond donors (Lipinski definition) is 2. The van der Waals surface area contributed by atoms with Gasteiger partial charge < -0.3 is 15.0 Å². The van der Waals surface area contributed by atoms with Crippen LogP contribution in [0.3, 0.4) is 0 Å². The zero-order valence-corrected chi connectivity index (χ0v) is 13.6. The van der Waals surface area contributed by atoms with E-state index in [1.807, 2.05) is 28.8 Å². The van der Waals surface area contributed by atoms with Crippen LogP contribution < -0.4 is 5.32 Å². The van der Waals surface area contributed by atoms with Crippen molar-refractivity contribution in [3.8, 4) is 11.4 Å². The molecule has 1 amide bonds. The fraction of sp³-hybridized carbons (Fsp3) is 0.105. The molecule has 6 heteroatoms. The minimum Gasteiger partial charge on any atom is -0.478 e. The Balaban J connectivity index is 1.94. The highest BCUT2D eigenvalue weighted by molar-refractivity contribution is 5.90. The molecular weight excluding hydrogens is 318 g/mol. The lowest BCUT2D eigenvalue weighted by molar-refractivity contribution is -0.114. The summed E-state index contributed by atoms with van der Waals surface area (Å²) in [5, 5.41) is 12.1. The van der Waals surface area contributed by atoms with E-state index < -0.39 is 5.97 Å². The average molecular weight is 335 g/mol. The van der Waals surface area contributed by atoms with Crippen molar-refractivity contribution >= 4 is 17.6 Å². The van der Waals surface area contributed by atoms with Crippen LogP contribution in [0.25, 0.3) is 11.4 Å². The van der Waals surface area contributed by atoms with Crippen molar-refractivity contribution in [2.45, 2.75) is 13.5 Å². The summed E-state index contributed by atoms with van der Waals surface area (Å²) in [6.45, 7) is 1.85. The van der Waals surface area contributed by atoms with Gasteiger partial charge in [-0.25, -0.2) is 9.78 Å². The van der Waals surface area contributed by atoms with E-state index in [0.717, 1.165) is 5.56 Å². The molecule has 0 unspecified atom stereocenters. The van der Waals surface area contributed by atoms with Crippen molar-refractivity contribution in [1.82, 2.24) is 9.55 Å². The van der Waals surface area contributed by atoms with Gasteiger partial charge in [0.25, 0.3) is 0 Å². The number of carbonyl (C=O) groups excluding carboxylic acids is 1. The van der Waals surface area contributed by atoms with Crippen molar-refractivity contribution in [2.75, 3.05) is 5.32 Å². The van der Waals surface area contributed by atoms with E-state index in [0.29, 0.717) is 23.6 Å². The van der Waals surface area contributed by atoms with Crippen molar-refractivity contribution in [1.29, 1.82) is 0 Å². The number of carboxylic acid groups (broad SMARTS) is 1. The van der Waals surface area contributed by atoms with Crippen molar-refractivity contribution < 1.29 is 14.7 Å². The Morgan fingerprint density at radius 2 is 1.96 bits per heavy atom. The second-order valence-electron chi connectivity index (χ2n) is 5.60. The highest BCUT2D eigenvalue weighted by Gasteiger charge is 2.12. The van der Waals surface area contributed by atoms with E-state index >= 15 is 0 Å². The molecule has 0 saturated heterocycles. The van der Waals surface area contributed by atoms with Gasteiger partial charge in [0.05, 0.1) is 5.56 Å². The van der Waals surface area contributed by atoms with Crippen LogP contribution in [0, 0.1) is 0 Å². The molecule has 3 rings (SSSR count). The topological polar surface area (TPSA) is 84.2 Å². The highest BCUT2D eigenvalue weighted by atomic mass is 16.4. The minimum atomic E-state index is -0.954. The summed E-state index contributed by atoms with van der Waals surface area (Å²) in [6, 6.07) is 14.3. The van der Waals surface area contributed by atoms with Crippen LogP contribution in [0.2, 0.25) is 0 Å². The molecule has 1 aromatic heterocycles. The molecule has 3 aromatic rings. The number of benzene rings is 2. The first-order chi connectivity index (χ1) is 12.0. The predicted octanol–water partition coefficient (Wildman–Crippen LogP) is 3.26. The molecule has 126 valence electrons. The summed E-state index contributed by atoms with van der Waals surface area (Å²) in [7, 11) is 0. The summed E-state index contributed by atoms with van der Waals surface area (Å²) in [5.74, 6) is -0.395. The van der Waals surface area contributed by atoms with E-state index in [2.05, 4.69) is 10.3 Å².